The highest BCUT2D eigenvalue weighted by molar-refractivity contribution is 4.87. The first-order valence-corrected chi connectivity index (χ1v) is 4.50. The summed E-state index contributed by atoms with van der Waals surface area (Å²) in [6.45, 7) is 2.31. The van der Waals surface area contributed by atoms with Crippen LogP contribution < -0.4 is 5.90 Å². The van der Waals surface area contributed by atoms with Crippen molar-refractivity contribution in [3.8, 4) is 0 Å². The number of hydrogen-bond acceptors (Lipinski definition) is 3. The van der Waals surface area contributed by atoms with Crippen molar-refractivity contribution in [3.05, 3.63) is 0 Å². The van der Waals surface area contributed by atoms with Crippen LogP contribution in [-0.2, 0) is 4.84 Å². The van der Waals surface area contributed by atoms with Crippen molar-refractivity contribution in [2.45, 2.75) is 37.8 Å². The Morgan fingerprint density at radius 2 is 2.09 bits per heavy atom. The van der Waals surface area contributed by atoms with E-state index in [9.17, 15) is 0 Å². The van der Waals surface area contributed by atoms with Gasteiger partial charge >= 0.3 is 0 Å². The van der Waals surface area contributed by atoms with Crippen LogP contribution in [0.1, 0.15) is 25.7 Å². The topological polar surface area (TPSA) is 38.5 Å². The fraction of sp³-hybridized carbons (Fsp3) is 1.00. The first kappa shape index (κ1) is 7.53. The van der Waals surface area contributed by atoms with Gasteiger partial charge in [-0.25, -0.2) is 5.90 Å². The third kappa shape index (κ3) is 1.72. The number of nitrogens with two attached hydrogens (primary N) is 1. The average Bonchev–Trinajstić information content (AvgIpc) is 2.87. The van der Waals surface area contributed by atoms with Gasteiger partial charge in [-0.1, -0.05) is 0 Å². The van der Waals surface area contributed by atoms with Gasteiger partial charge in [0.1, 0.15) is 0 Å². The van der Waals surface area contributed by atoms with Gasteiger partial charge < -0.3 is 0 Å². The van der Waals surface area contributed by atoms with Crippen LogP contribution in [0.5, 0.6) is 0 Å². The van der Waals surface area contributed by atoms with Crippen LogP contribution >= 0.6 is 0 Å². The number of rotatable bonds is 2. The monoisotopic (exact) mass is 156 g/mol. The molecule has 1 unspecified atom stereocenters. The molecule has 3 heteroatoms. The molecule has 11 heavy (non-hydrogen) atoms. The molecule has 0 aromatic rings. The summed E-state index contributed by atoms with van der Waals surface area (Å²) in [6.07, 6.45) is 5.46. The second-order valence-electron chi connectivity index (χ2n) is 3.63. The van der Waals surface area contributed by atoms with Gasteiger partial charge in [0.2, 0.25) is 0 Å². The van der Waals surface area contributed by atoms with Crippen LogP contribution in [0.4, 0.5) is 0 Å². The van der Waals surface area contributed by atoms with E-state index >= 15 is 0 Å². The van der Waals surface area contributed by atoms with E-state index in [2.05, 4.69) is 4.90 Å². The van der Waals surface area contributed by atoms with Crippen molar-refractivity contribution >= 4 is 0 Å². The molecule has 0 amide bonds. The molecule has 1 aliphatic heterocycles. The van der Waals surface area contributed by atoms with E-state index < -0.39 is 0 Å². The predicted molar refractivity (Wildman–Crippen MR) is 42.9 cm³/mol. The van der Waals surface area contributed by atoms with E-state index in [1.807, 2.05) is 0 Å². The molecule has 2 N–H and O–H groups in total. The van der Waals surface area contributed by atoms with Crippen LogP contribution in [0.2, 0.25) is 0 Å². The lowest BCUT2D eigenvalue weighted by molar-refractivity contribution is -0.00377. The molecule has 1 saturated carbocycles. The van der Waals surface area contributed by atoms with E-state index in [-0.39, 0.29) is 0 Å². The van der Waals surface area contributed by atoms with Gasteiger partial charge in [0.15, 0.2) is 0 Å². The van der Waals surface area contributed by atoms with Gasteiger partial charge in [-0.15, -0.1) is 0 Å². The van der Waals surface area contributed by atoms with Crippen LogP contribution in [0.3, 0.4) is 0 Å². The highest BCUT2D eigenvalue weighted by Gasteiger charge is 2.32. The molecule has 0 aromatic heterocycles. The Kier molecular flexibility index (Phi) is 2.11. The summed E-state index contributed by atoms with van der Waals surface area (Å²) in [6, 6.07) is 0.868. The zero-order valence-corrected chi connectivity index (χ0v) is 6.83. The molecule has 1 saturated heterocycles. The maximum Gasteiger partial charge on any atom is 0.0914 e. The summed E-state index contributed by atoms with van der Waals surface area (Å²) in [7, 11) is 0. The molecule has 0 radical (unpaired) electrons. The summed E-state index contributed by atoms with van der Waals surface area (Å²) in [5.41, 5.74) is 0. The van der Waals surface area contributed by atoms with Crippen LogP contribution in [0, 0.1) is 0 Å². The molecule has 3 nitrogen and oxygen atoms in total. The Morgan fingerprint density at radius 1 is 1.27 bits per heavy atom. The van der Waals surface area contributed by atoms with Crippen LogP contribution in [0.15, 0.2) is 0 Å². The lowest BCUT2D eigenvalue weighted by Crippen LogP contribution is -2.41. The molecule has 0 spiro atoms. The highest BCUT2D eigenvalue weighted by atomic mass is 16.6. The van der Waals surface area contributed by atoms with E-state index in [1.165, 1.54) is 25.8 Å². The molecule has 2 rings (SSSR count). The highest BCUT2D eigenvalue weighted by Crippen LogP contribution is 2.29. The minimum Gasteiger partial charge on any atom is -0.300 e. The van der Waals surface area contributed by atoms with Gasteiger partial charge in [-0.2, -0.15) is 0 Å². The molecule has 0 bridgehead atoms. The first-order chi connectivity index (χ1) is 5.40. The predicted octanol–water partition coefficient (Wildman–Crippen LogP) is 0.503. The van der Waals surface area contributed by atoms with Crippen molar-refractivity contribution in [2.24, 2.45) is 5.90 Å². The average molecular weight is 156 g/mol. The fourth-order valence-corrected chi connectivity index (χ4v) is 1.85. The summed E-state index contributed by atoms with van der Waals surface area (Å²) in [5.74, 6) is 5.16. The van der Waals surface area contributed by atoms with E-state index in [1.54, 1.807) is 0 Å². The third-order valence-electron chi connectivity index (χ3n) is 2.67. The minimum atomic E-state index is 0.296. The van der Waals surface area contributed by atoms with Crippen molar-refractivity contribution < 1.29 is 4.84 Å². The second-order valence-corrected chi connectivity index (χ2v) is 3.63. The molecule has 1 heterocycles. The Balaban J connectivity index is 1.82. The van der Waals surface area contributed by atoms with Gasteiger partial charge in [0.05, 0.1) is 6.10 Å². The van der Waals surface area contributed by atoms with E-state index in [0.717, 1.165) is 19.0 Å². The quantitative estimate of drug-likeness (QED) is 0.592. The smallest absolute Gasteiger partial charge is 0.0914 e. The van der Waals surface area contributed by atoms with Crippen molar-refractivity contribution in [1.29, 1.82) is 0 Å². The second kappa shape index (κ2) is 3.09. The van der Waals surface area contributed by atoms with E-state index in [0.29, 0.717) is 6.10 Å². The van der Waals surface area contributed by atoms with Gasteiger partial charge in [-0.05, 0) is 32.2 Å². The first-order valence-electron chi connectivity index (χ1n) is 4.50. The van der Waals surface area contributed by atoms with Gasteiger partial charge in [0, 0.05) is 12.6 Å². The standard InChI is InChI=1S/C8H16N2O/c9-11-8-2-1-5-10(6-8)7-3-4-7/h7-8H,1-6,9H2. The lowest BCUT2D eigenvalue weighted by Gasteiger charge is -2.31. The molecule has 2 aliphatic rings. The van der Waals surface area contributed by atoms with Gasteiger partial charge in [0.25, 0.3) is 0 Å². The Labute approximate surface area is 67.4 Å². The van der Waals surface area contributed by atoms with Gasteiger partial charge in [-0.3, -0.25) is 9.74 Å². The molecule has 2 fully saturated rings. The molecule has 1 aliphatic carbocycles. The SMILES string of the molecule is NOC1CCCN(C2CC2)C1. The Hall–Kier alpha value is -0.120. The fourth-order valence-electron chi connectivity index (χ4n) is 1.85. The summed E-state index contributed by atoms with van der Waals surface area (Å²) >= 11 is 0. The molecular weight excluding hydrogens is 140 g/mol. The normalized spacial score (nSPS) is 34.1. The van der Waals surface area contributed by atoms with Crippen molar-refractivity contribution in [1.82, 2.24) is 4.90 Å². The zero-order valence-electron chi connectivity index (χ0n) is 6.83. The van der Waals surface area contributed by atoms with E-state index in [4.69, 9.17) is 10.7 Å². The maximum atomic E-state index is 5.16. The summed E-state index contributed by atoms with van der Waals surface area (Å²) < 4.78 is 0. The zero-order chi connectivity index (χ0) is 7.68. The minimum absolute atomic E-state index is 0.296. The number of hydrogen-bond donors (Lipinski definition) is 1. The molecule has 1 atom stereocenters. The molecular formula is C8H16N2O. The maximum absolute atomic E-state index is 5.16. The number of likely N-dealkylation sites (tertiary alicyclic amines) is 1. The van der Waals surface area contributed by atoms with Crippen LogP contribution in [-0.4, -0.2) is 30.1 Å². The summed E-state index contributed by atoms with van der Waals surface area (Å²) in [5, 5.41) is 0. The Morgan fingerprint density at radius 3 is 2.73 bits per heavy atom. The largest absolute Gasteiger partial charge is 0.300 e. The molecule has 64 valence electrons. The lowest BCUT2D eigenvalue weighted by atomic mass is 10.1. The Bertz CT molecular complexity index is 136. The van der Waals surface area contributed by atoms with Crippen molar-refractivity contribution in [3.63, 3.8) is 0 Å². The number of piperidine rings is 1. The summed E-state index contributed by atoms with van der Waals surface area (Å²) in [4.78, 5) is 7.37. The van der Waals surface area contributed by atoms with Crippen LogP contribution in [0.25, 0.3) is 0 Å². The number of nitrogens with zero attached hydrogens (tertiary/aromatic N) is 1. The molecule has 0 aromatic carbocycles. The third-order valence-corrected chi connectivity index (χ3v) is 2.67. The van der Waals surface area contributed by atoms with Crippen molar-refractivity contribution in [2.75, 3.05) is 13.1 Å².